The van der Waals surface area contributed by atoms with Gasteiger partial charge in [-0.3, -0.25) is 10.1 Å². The van der Waals surface area contributed by atoms with Gasteiger partial charge in [-0.2, -0.15) is 0 Å². The number of benzene rings is 1. The van der Waals surface area contributed by atoms with E-state index >= 15 is 0 Å². The molecule has 6 nitrogen and oxygen atoms in total. The van der Waals surface area contributed by atoms with Crippen LogP contribution in [0.5, 0.6) is 0 Å². The summed E-state index contributed by atoms with van der Waals surface area (Å²) >= 11 is 0. The van der Waals surface area contributed by atoms with Gasteiger partial charge in [-0.15, -0.1) is 0 Å². The maximum Gasteiger partial charge on any atom is 0.292 e. The van der Waals surface area contributed by atoms with Crippen LogP contribution < -0.4 is 4.90 Å². The van der Waals surface area contributed by atoms with Crippen LogP contribution in [0.4, 0.5) is 11.4 Å². The first-order valence-electron chi connectivity index (χ1n) is 5.68. The van der Waals surface area contributed by atoms with Gasteiger partial charge in [0.15, 0.2) is 0 Å². The summed E-state index contributed by atoms with van der Waals surface area (Å²) in [6.45, 7) is 3.23. The lowest BCUT2D eigenvalue weighted by Crippen LogP contribution is -2.32. The number of hydrogen-bond donors (Lipinski definition) is 2. The number of hydrogen-bond acceptors (Lipinski definition) is 5. The molecule has 1 unspecified atom stereocenters. The molecule has 1 aromatic carbocycles. The molecule has 0 saturated carbocycles. The zero-order valence-corrected chi connectivity index (χ0v) is 10.7. The number of likely N-dealkylation sites (N-methyl/N-ethyl adjacent to an activating group) is 1. The highest BCUT2D eigenvalue weighted by molar-refractivity contribution is 5.64. The van der Waals surface area contributed by atoms with E-state index in [4.69, 9.17) is 5.11 Å². The summed E-state index contributed by atoms with van der Waals surface area (Å²) in [5, 5.41) is 29.6. The first kappa shape index (κ1) is 14.4. The molecular formula is C12H18N2O4. The van der Waals surface area contributed by atoms with E-state index in [0.717, 1.165) is 0 Å². The molecule has 0 amide bonds. The smallest absolute Gasteiger partial charge is 0.292 e. The molecule has 0 spiro atoms. The Bertz CT molecular complexity index is 434. The predicted molar refractivity (Wildman–Crippen MR) is 68.7 cm³/mol. The van der Waals surface area contributed by atoms with Gasteiger partial charge in [-0.1, -0.05) is 6.07 Å². The summed E-state index contributed by atoms with van der Waals surface area (Å²) in [6, 6.07) is 4.38. The Balaban J connectivity index is 3.23. The second-order valence-corrected chi connectivity index (χ2v) is 4.32. The molecule has 0 aliphatic rings. The third-order valence-corrected chi connectivity index (χ3v) is 2.98. The van der Waals surface area contributed by atoms with E-state index in [1.807, 2.05) is 0 Å². The molecule has 0 aliphatic heterocycles. The molecule has 0 saturated heterocycles. The van der Waals surface area contributed by atoms with E-state index in [0.29, 0.717) is 11.3 Å². The molecule has 0 aromatic heterocycles. The third kappa shape index (κ3) is 2.96. The van der Waals surface area contributed by atoms with Crippen LogP contribution in [0.15, 0.2) is 18.2 Å². The third-order valence-electron chi connectivity index (χ3n) is 2.98. The number of rotatable bonds is 5. The van der Waals surface area contributed by atoms with Gasteiger partial charge < -0.3 is 15.1 Å². The summed E-state index contributed by atoms with van der Waals surface area (Å²) in [5.74, 6) is 0. The fourth-order valence-corrected chi connectivity index (χ4v) is 1.60. The Kier molecular flexibility index (Phi) is 4.63. The van der Waals surface area contributed by atoms with Crippen molar-refractivity contribution in [1.82, 2.24) is 0 Å². The van der Waals surface area contributed by atoms with Crippen molar-refractivity contribution in [2.75, 3.05) is 18.6 Å². The van der Waals surface area contributed by atoms with Gasteiger partial charge in [0.2, 0.25) is 0 Å². The predicted octanol–water partition coefficient (Wildman–Crippen LogP) is 1.47. The van der Waals surface area contributed by atoms with Crippen LogP contribution in [-0.4, -0.2) is 34.8 Å². The molecule has 0 bridgehead atoms. The minimum atomic E-state index is -0.752. The zero-order valence-electron chi connectivity index (χ0n) is 10.7. The summed E-state index contributed by atoms with van der Waals surface area (Å²) in [4.78, 5) is 12.2. The maximum atomic E-state index is 11.0. The highest BCUT2D eigenvalue weighted by Crippen LogP contribution is 2.31. The molecule has 0 fully saturated rings. The van der Waals surface area contributed by atoms with Gasteiger partial charge in [0.25, 0.3) is 5.69 Å². The lowest BCUT2D eigenvalue weighted by atomic mass is 10.1. The second-order valence-electron chi connectivity index (χ2n) is 4.32. The van der Waals surface area contributed by atoms with Crippen LogP contribution in [0.2, 0.25) is 0 Å². The molecule has 1 aromatic rings. The van der Waals surface area contributed by atoms with Gasteiger partial charge >= 0.3 is 0 Å². The van der Waals surface area contributed by atoms with Crippen LogP contribution in [0.3, 0.4) is 0 Å². The average Bonchev–Trinajstić information content (AvgIpc) is 2.35. The summed E-state index contributed by atoms with van der Waals surface area (Å²) in [6.07, 6.45) is -0.752. The van der Waals surface area contributed by atoms with Gasteiger partial charge in [-0.25, -0.2) is 0 Å². The minimum Gasteiger partial charge on any atom is -0.394 e. The Hall–Kier alpha value is -1.66. The Morgan fingerprint density at radius 2 is 2.06 bits per heavy atom. The van der Waals surface area contributed by atoms with E-state index in [1.165, 1.54) is 6.07 Å². The quantitative estimate of drug-likeness (QED) is 0.613. The number of anilines is 1. The monoisotopic (exact) mass is 254 g/mol. The SMILES string of the molecule is CC(CO)N(C)c1ccc([C@@H](C)O)cc1[N+](=O)[O-]. The van der Waals surface area contributed by atoms with E-state index in [1.54, 1.807) is 37.9 Å². The Morgan fingerprint density at radius 3 is 2.50 bits per heavy atom. The van der Waals surface area contributed by atoms with Crippen molar-refractivity contribution in [3.05, 3.63) is 33.9 Å². The van der Waals surface area contributed by atoms with Gasteiger partial charge in [0.05, 0.1) is 17.6 Å². The lowest BCUT2D eigenvalue weighted by molar-refractivity contribution is -0.384. The molecule has 0 heterocycles. The molecule has 2 N–H and O–H groups in total. The van der Waals surface area contributed by atoms with Gasteiger partial charge in [0.1, 0.15) is 5.69 Å². The van der Waals surface area contributed by atoms with Crippen LogP contribution in [-0.2, 0) is 0 Å². The van der Waals surface area contributed by atoms with Crippen LogP contribution in [0.25, 0.3) is 0 Å². The topological polar surface area (TPSA) is 86.8 Å². The largest absolute Gasteiger partial charge is 0.394 e. The first-order chi connectivity index (χ1) is 8.38. The summed E-state index contributed by atoms with van der Waals surface area (Å²) < 4.78 is 0. The zero-order chi connectivity index (χ0) is 13.9. The van der Waals surface area contributed by atoms with Crippen molar-refractivity contribution in [2.24, 2.45) is 0 Å². The number of nitro groups is 1. The van der Waals surface area contributed by atoms with Crippen LogP contribution in [0, 0.1) is 10.1 Å². The van der Waals surface area contributed by atoms with Crippen LogP contribution in [0.1, 0.15) is 25.5 Å². The van der Waals surface area contributed by atoms with Crippen molar-refractivity contribution >= 4 is 11.4 Å². The van der Waals surface area contributed by atoms with Gasteiger partial charge in [-0.05, 0) is 25.5 Å². The van der Waals surface area contributed by atoms with Crippen LogP contribution >= 0.6 is 0 Å². The van der Waals surface area contributed by atoms with Crippen molar-refractivity contribution in [3.63, 3.8) is 0 Å². The molecule has 1 rings (SSSR count). The van der Waals surface area contributed by atoms with Crippen molar-refractivity contribution in [3.8, 4) is 0 Å². The van der Waals surface area contributed by atoms with Crippen molar-refractivity contribution < 1.29 is 15.1 Å². The highest BCUT2D eigenvalue weighted by atomic mass is 16.6. The fourth-order valence-electron chi connectivity index (χ4n) is 1.60. The van der Waals surface area contributed by atoms with E-state index < -0.39 is 11.0 Å². The molecule has 0 aliphatic carbocycles. The number of nitrogens with zero attached hydrogens (tertiary/aromatic N) is 2. The second kappa shape index (κ2) is 5.79. The molecule has 100 valence electrons. The highest BCUT2D eigenvalue weighted by Gasteiger charge is 2.21. The molecule has 2 atom stereocenters. The number of nitro benzene ring substituents is 1. The minimum absolute atomic E-state index is 0.0730. The fraction of sp³-hybridized carbons (Fsp3) is 0.500. The molecule has 6 heteroatoms. The number of aliphatic hydroxyl groups is 2. The summed E-state index contributed by atoms with van der Waals surface area (Å²) in [7, 11) is 1.69. The maximum absolute atomic E-state index is 11.0. The van der Waals surface area contributed by atoms with E-state index in [2.05, 4.69) is 0 Å². The average molecular weight is 254 g/mol. The first-order valence-corrected chi connectivity index (χ1v) is 5.68. The molecular weight excluding hydrogens is 236 g/mol. The standard InChI is InChI=1S/C12H18N2O4/c1-8(7-15)13(3)11-5-4-10(9(2)16)6-12(11)14(17)18/h4-6,8-9,15-16H,7H2,1-3H3/t8?,9-/m1/s1. The van der Waals surface area contributed by atoms with E-state index in [-0.39, 0.29) is 18.3 Å². The molecule has 0 radical (unpaired) electrons. The Labute approximate surface area is 106 Å². The normalized spacial score (nSPS) is 14.1. The van der Waals surface area contributed by atoms with Gasteiger partial charge in [0, 0.05) is 19.2 Å². The number of aliphatic hydroxyl groups excluding tert-OH is 2. The molecule has 18 heavy (non-hydrogen) atoms. The van der Waals surface area contributed by atoms with E-state index in [9.17, 15) is 15.2 Å². The Morgan fingerprint density at radius 1 is 1.44 bits per heavy atom. The summed E-state index contributed by atoms with van der Waals surface area (Å²) in [5.41, 5.74) is 0.845. The lowest BCUT2D eigenvalue weighted by Gasteiger charge is -2.25. The van der Waals surface area contributed by atoms with Crippen molar-refractivity contribution in [1.29, 1.82) is 0 Å². The van der Waals surface area contributed by atoms with Crippen molar-refractivity contribution in [2.45, 2.75) is 26.0 Å².